The number of likely N-dealkylation sites (tertiary alicyclic amines) is 1. The number of amides is 1. The SMILES string of the molecule is C#Cc1cc(OC)c(-c2c(C3=CC[C@H](C(=O)N4CCC[C@H]4C#N)CC3)c3c(C)ncnc3n2C)cn1. The van der Waals surface area contributed by atoms with Crippen LogP contribution in [0, 0.1) is 36.5 Å². The predicted molar refractivity (Wildman–Crippen MR) is 137 cm³/mol. The minimum Gasteiger partial charge on any atom is -0.496 e. The van der Waals surface area contributed by atoms with E-state index in [2.05, 4.69) is 33.0 Å². The normalized spacial score (nSPS) is 19.6. The molecule has 1 saturated heterocycles. The third-order valence-electron chi connectivity index (χ3n) is 7.41. The maximum atomic E-state index is 13.2. The highest BCUT2D eigenvalue weighted by Gasteiger charge is 2.35. The van der Waals surface area contributed by atoms with Crippen molar-refractivity contribution in [2.24, 2.45) is 13.0 Å². The minimum atomic E-state index is -0.293. The smallest absolute Gasteiger partial charge is 0.227 e. The molecule has 0 unspecified atom stereocenters. The summed E-state index contributed by atoms with van der Waals surface area (Å²) in [5.74, 6) is 3.20. The molecule has 0 radical (unpaired) electrons. The monoisotopic (exact) mass is 480 g/mol. The van der Waals surface area contributed by atoms with Gasteiger partial charge in [-0.05, 0) is 44.6 Å². The summed E-state index contributed by atoms with van der Waals surface area (Å²) in [6, 6.07) is 3.76. The summed E-state index contributed by atoms with van der Waals surface area (Å²) in [7, 11) is 3.60. The lowest BCUT2D eigenvalue weighted by molar-refractivity contribution is -0.135. The fraction of sp³-hybridized carbons (Fsp3) is 0.393. The molecule has 0 spiro atoms. The van der Waals surface area contributed by atoms with Gasteiger partial charge in [0.2, 0.25) is 5.91 Å². The lowest BCUT2D eigenvalue weighted by Crippen LogP contribution is -2.39. The standard InChI is InChI=1S/C28H28N6O2/c1-5-20-13-23(36-4)22(15-30-20)26-25(24-17(2)31-16-32-27(24)33(26)3)18-8-10-19(11-9-18)28(35)34-12-6-7-21(34)14-29/h1,8,13,15-16,19,21H,6-7,9-12H2,2-4H3/t19-,21-/m0/s1. The minimum absolute atomic E-state index is 0.0998. The van der Waals surface area contributed by atoms with Gasteiger partial charge in [-0.3, -0.25) is 4.79 Å². The third-order valence-corrected chi connectivity index (χ3v) is 7.41. The molecule has 1 aliphatic carbocycles. The van der Waals surface area contributed by atoms with Crippen LogP contribution in [-0.4, -0.2) is 50.0 Å². The Bertz CT molecular complexity index is 1470. The number of hydrogen-bond acceptors (Lipinski definition) is 6. The van der Waals surface area contributed by atoms with Crippen LogP contribution in [0.1, 0.15) is 49.1 Å². The Morgan fingerprint density at radius 2 is 2.11 bits per heavy atom. The predicted octanol–water partition coefficient (Wildman–Crippen LogP) is 4.03. The molecule has 3 aromatic heterocycles. The van der Waals surface area contributed by atoms with Crippen molar-refractivity contribution in [3.8, 4) is 35.4 Å². The fourth-order valence-corrected chi connectivity index (χ4v) is 5.58. The van der Waals surface area contributed by atoms with Crippen LogP contribution >= 0.6 is 0 Å². The lowest BCUT2D eigenvalue weighted by Gasteiger charge is -2.28. The van der Waals surface area contributed by atoms with Crippen molar-refractivity contribution < 1.29 is 9.53 Å². The summed E-state index contributed by atoms with van der Waals surface area (Å²) in [5, 5.41) is 10.4. The van der Waals surface area contributed by atoms with E-state index in [1.165, 1.54) is 0 Å². The fourth-order valence-electron chi connectivity index (χ4n) is 5.58. The van der Waals surface area contributed by atoms with Crippen LogP contribution < -0.4 is 4.74 Å². The molecule has 1 aliphatic heterocycles. The van der Waals surface area contributed by atoms with E-state index in [9.17, 15) is 10.1 Å². The van der Waals surface area contributed by atoms with Gasteiger partial charge in [-0.25, -0.2) is 15.0 Å². The quantitative estimate of drug-likeness (QED) is 0.523. The van der Waals surface area contributed by atoms with E-state index >= 15 is 0 Å². The van der Waals surface area contributed by atoms with E-state index < -0.39 is 0 Å². The van der Waals surface area contributed by atoms with Gasteiger partial charge in [0.05, 0.1) is 30.1 Å². The van der Waals surface area contributed by atoms with Crippen LogP contribution in [0.2, 0.25) is 0 Å². The van der Waals surface area contributed by atoms with Crippen molar-refractivity contribution in [1.29, 1.82) is 5.26 Å². The molecule has 36 heavy (non-hydrogen) atoms. The number of allylic oxidation sites excluding steroid dienone is 2. The molecule has 8 heteroatoms. The highest BCUT2D eigenvalue weighted by molar-refractivity contribution is 6.01. The molecule has 1 fully saturated rings. The largest absolute Gasteiger partial charge is 0.496 e. The Morgan fingerprint density at radius 1 is 1.28 bits per heavy atom. The number of nitriles is 1. The zero-order valence-electron chi connectivity index (χ0n) is 20.8. The van der Waals surface area contributed by atoms with E-state index in [0.29, 0.717) is 24.4 Å². The number of pyridine rings is 1. The molecule has 0 saturated carbocycles. The first kappa shape index (κ1) is 23.6. The van der Waals surface area contributed by atoms with E-state index in [1.807, 2.05) is 18.5 Å². The number of nitrogens with zero attached hydrogens (tertiary/aromatic N) is 6. The number of fused-ring (bicyclic) bond motifs is 1. The zero-order chi connectivity index (χ0) is 25.4. The van der Waals surface area contributed by atoms with Gasteiger partial charge in [-0.1, -0.05) is 12.0 Å². The molecule has 2 atom stereocenters. The summed E-state index contributed by atoms with van der Waals surface area (Å²) >= 11 is 0. The Balaban J connectivity index is 1.60. The molecular formula is C28H28N6O2. The second-order valence-corrected chi connectivity index (χ2v) is 9.37. The van der Waals surface area contributed by atoms with Crippen LogP contribution in [0.15, 0.2) is 24.7 Å². The van der Waals surface area contributed by atoms with Gasteiger partial charge in [0.1, 0.15) is 29.5 Å². The summed E-state index contributed by atoms with van der Waals surface area (Å²) in [6.07, 6.45) is 14.8. The number of aryl methyl sites for hydroxylation is 2. The Kier molecular flexibility index (Phi) is 6.20. The van der Waals surface area contributed by atoms with Gasteiger partial charge < -0.3 is 14.2 Å². The van der Waals surface area contributed by atoms with Crippen LogP contribution in [0.25, 0.3) is 27.9 Å². The van der Waals surface area contributed by atoms with Gasteiger partial charge >= 0.3 is 0 Å². The third kappa shape index (κ3) is 3.79. The van der Waals surface area contributed by atoms with Gasteiger partial charge in [-0.2, -0.15) is 5.26 Å². The number of methoxy groups -OCH3 is 1. The highest BCUT2D eigenvalue weighted by atomic mass is 16.5. The van der Waals surface area contributed by atoms with E-state index in [-0.39, 0.29) is 17.9 Å². The van der Waals surface area contributed by atoms with Gasteiger partial charge in [0.25, 0.3) is 0 Å². The van der Waals surface area contributed by atoms with E-state index in [0.717, 1.165) is 64.8 Å². The first-order chi connectivity index (χ1) is 17.5. The number of carbonyl (C=O) groups excluding carboxylic acids is 1. The molecule has 0 aromatic carbocycles. The maximum Gasteiger partial charge on any atom is 0.227 e. The van der Waals surface area contributed by atoms with E-state index in [1.54, 1.807) is 30.6 Å². The molecule has 4 heterocycles. The van der Waals surface area contributed by atoms with Crippen molar-refractivity contribution in [2.45, 2.75) is 45.1 Å². The Hall–Kier alpha value is -4.17. The molecule has 0 N–H and O–H groups in total. The topological polar surface area (TPSA) is 96.9 Å². The number of aromatic nitrogens is 4. The Labute approximate surface area is 210 Å². The second-order valence-electron chi connectivity index (χ2n) is 9.37. The average Bonchev–Trinajstić information content (AvgIpc) is 3.51. The van der Waals surface area contributed by atoms with Gasteiger partial charge in [0, 0.05) is 42.7 Å². The summed E-state index contributed by atoms with van der Waals surface area (Å²) < 4.78 is 7.76. The van der Waals surface area contributed by atoms with Crippen molar-refractivity contribution in [3.63, 3.8) is 0 Å². The van der Waals surface area contributed by atoms with Gasteiger partial charge in [-0.15, -0.1) is 6.42 Å². The van der Waals surface area contributed by atoms with Crippen LogP contribution in [0.3, 0.4) is 0 Å². The number of rotatable bonds is 4. The van der Waals surface area contributed by atoms with Crippen molar-refractivity contribution in [1.82, 2.24) is 24.4 Å². The van der Waals surface area contributed by atoms with Crippen LogP contribution in [0.5, 0.6) is 5.75 Å². The molecule has 5 rings (SSSR count). The summed E-state index contributed by atoms with van der Waals surface area (Å²) in [6.45, 7) is 2.66. The van der Waals surface area contributed by atoms with Gasteiger partial charge in [0.15, 0.2) is 0 Å². The van der Waals surface area contributed by atoms with Crippen LogP contribution in [0.4, 0.5) is 0 Å². The summed E-state index contributed by atoms with van der Waals surface area (Å²) in [4.78, 5) is 28.5. The Morgan fingerprint density at radius 3 is 2.81 bits per heavy atom. The molecule has 8 nitrogen and oxygen atoms in total. The molecule has 182 valence electrons. The second kappa shape index (κ2) is 9.47. The van der Waals surface area contributed by atoms with E-state index in [4.69, 9.17) is 11.2 Å². The molecular weight excluding hydrogens is 452 g/mol. The number of terminal acetylenes is 1. The number of carbonyl (C=O) groups is 1. The average molecular weight is 481 g/mol. The van der Waals surface area contributed by atoms with Crippen molar-refractivity contribution in [3.05, 3.63) is 41.6 Å². The zero-order valence-corrected chi connectivity index (χ0v) is 20.8. The first-order valence-corrected chi connectivity index (χ1v) is 12.2. The molecule has 1 amide bonds. The molecule has 0 bridgehead atoms. The molecule has 3 aromatic rings. The summed E-state index contributed by atoms with van der Waals surface area (Å²) in [5.41, 5.74) is 6.16. The molecule has 2 aliphatic rings. The lowest BCUT2D eigenvalue weighted by atomic mass is 9.84. The maximum absolute atomic E-state index is 13.2. The van der Waals surface area contributed by atoms with Crippen molar-refractivity contribution >= 4 is 22.5 Å². The van der Waals surface area contributed by atoms with Crippen molar-refractivity contribution in [2.75, 3.05) is 13.7 Å². The van der Waals surface area contributed by atoms with Crippen LogP contribution in [-0.2, 0) is 11.8 Å². The number of ether oxygens (including phenoxy) is 1. The first-order valence-electron chi connectivity index (χ1n) is 12.2. The highest BCUT2D eigenvalue weighted by Crippen LogP contribution is 2.44. The number of hydrogen-bond donors (Lipinski definition) is 0.